The number of pyridine rings is 1. The van der Waals surface area contributed by atoms with Crippen LogP contribution in [0.4, 0.5) is 0 Å². The molecule has 2 fully saturated rings. The van der Waals surface area contributed by atoms with E-state index in [1.807, 2.05) is 18.2 Å². The molecule has 3 atom stereocenters. The van der Waals surface area contributed by atoms with Crippen molar-refractivity contribution in [1.29, 1.82) is 0 Å². The molecule has 1 aromatic heterocycles. The van der Waals surface area contributed by atoms with E-state index in [9.17, 15) is 4.79 Å². The Morgan fingerprint density at radius 1 is 1.31 bits per heavy atom. The highest BCUT2D eigenvalue weighted by atomic mass is 16.2. The molecule has 16 heavy (non-hydrogen) atoms. The van der Waals surface area contributed by atoms with Crippen LogP contribution in [0.25, 0.3) is 0 Å². The van der Waals surface area contributed by atoms with Gasteiger partial charge in [0.15, 0.2) is 0 Å². The van der Waals surface area contributed by atoms with Crippen molar-refractivity contribution in [3.63, 3.8) is 0 Å². The van der Waals surface area contributed by atoms with Crippen molar-refractivity contribution in [3.8, 4) is 0 Å². The fraction of sp³-hybridized carbons (Fsp3) is 0.500. The highest BCUT2D eigenvalue weighted by Crippen LogP contribution is 2.30. The third-order valence-electron chi connectivity index (χ3n) is 3.50. The molecule has 2 N–H and O–H groups in total. The van der Waals surface area contributed by atoms with E-state index >= 15 is 0 Å². The quantitative estimate of drug-likeness (QED) is 0.737. The Labute approximate surface area is 94.5 Å². The molecular weight excluding hydrogens is 202 g/mol. The minimum atomic E-state index is -0.118. The van der Waals surface area contributed by atoms with Gasteiger partial charge in [-0.3, -0.25) is 15.1 Å². The number of hydrogen-bond donors (Lipinski definition) is 2. The standard InChI is InChI=1S/C12H15N3O/c16-12-8-4-3-6-9(8)14-11(15-12)10-5-1-2-7-13-10/h1-2,5,7-9,11,14H,3-4,6H2,(H,15,16). The maximum Gasteiger partial charge on any atom is 0.226 e. The summed E-state index contributed by atoms with van der Waals surface area (Å²) in [6.07, 6.45) is 4.89. The molecule has 1 amide bonds. The molecule has 0 radical (unpaired) electrons. The molecule has 84 valence electrons. The van der Waals surface area contributed by atoms with Crippen LogP contribution >= 0.6 is 0 Å². The number of fused-ring (bicyclic) bond motifs is 1. The van der Waals surface area contributed by atoms with Gasteiger partial charge in [0, 0.05) is 12.2 Å². The van der Waals surface area contributed by atoms with Crippen LogP contribution in [0.1, 0.15) is 31.1 Å². The topological polar surface area (TPSA) is 54.0 Å². The third-order valence-corrected chi connectivity index (χ3v) is 3.50. The van der Waals surface area contributed by atoms with Crippen LogP contribution in [-0.4, -0.2) is 16.9 Å². The lowest BCUT2D eigenvalue weighted by Crippen LogP contribution is -2.54. The van der Waals surface area contributed by atoms with Crippen molar-refractivity contribution in [3.05, 3.63) is 30.1 Å². The summed E-state index contributed by atoms with van der Waals surface area (Å²) in [7, 11) is 0. The zero-order chi connectivity index (χ0) is 11.0. The van der Waals surface area contributed by atoms with Crippen LogP contribution < -0.4 is 10.6 Å². The first kappa shape index (κ1) is 9.78. The van der Waals surface area contributed by atoms with Crippen LogP contribution in [0.3, 0.4) is 0 Å². The molecule has 1 saturated carbocycles. The summed E-state index contributed by atoms with van der Waals surface area (Å²) in [6, 6.07) is 6.09. The number of nitrogens with zero attached hydrogens (tertiary/aromatic N) is 1. The van der Waals surface area contributed by atoms with Gasteiger partial charge in [0.05, 0.1) is 11.6 Å². The van der Waals surface area contributed by atoms with Crippen molar-refractivity contribution >= 4 is 5.91 Å². The van der Waals surface area contributed by atoms with E-state index in [4.69, 9.17) is 0 Å². The van der Waals surface area contributed by atoms with E-state index < -0.39 is 0 Å². The van der Waals surface area contributed by atoms with Gasteiger partial charge in [-0.05, 0) is 25.0 Å². The maximum atomic E-state index is 11.9. The summed E-state index contributed by atoms with van der Waals surface area (Å²) in [5.41, 5.74) is 0.890. The lowest BCUT2D eigenvalue weighted by Gasteiger charge is -2.33. The Bertz CT molecular complexity index is 393. The van der Waals surface area contributed by atoms with E-state index in [0.717, 1.165) is 25.0 Å². The molecule has 4 nitrogen and oxygen atoms in total. The molecule has 1 aliphatic heterocycles. The van der Waals surface area contributed by atoms with Crippen molar-refractivity contribution in [2.24, 2.45) is 5.92 Å². The lowest BCUT2D eigenvalue weighted by molar-refractivity contribution is -0.128. The van der Waals surface area contributed by atoms with Gasteiger partial charge in [0.2, 0.25) is 5.91 Å². The molecule has 3 rings (SSSR count). The van der Waals surface area contributed by atoms with Crippen molar-refractivity contribution in [2.75, 3.05) is 0 Å². The largest absolute Gasteiger partial charge is 0.335 e. The van der Waals surface area contributed by atoms with Gasteiger partial charge < -0.3 is 5.32 Å². The molecule has 1 aromatic rings. The highest BCUT2D eigenvalue weighted by Gasteiger charge is 2.39. The second-order valence-electron chi connectivity index (χ2n) is 4.51. The third kappa shape index (κ3) is 1.59. The van der Waals surface area contributed by atoms with E-state index in [1.165, 1.54) is 0 Å². The molecule has 1 aliphatic carbocycles. The molecule has 2 heterocycles. The summed E-state index contributed by atoms with van der Waals surface area (Å²) in [6.45, 7) is 0. The van der Waals surface area contributed by atoms with Gasteiger partial charge in [-0.1, -0.05) is 12.5 Å². The molecule has 0 aromatic carbocycles. The summed E-state index contributed by atoms with van der Waals surface area (Å²) in [4.78, 5) is 16.2. The average molecular weight is 217 g/mol. The lowest BCUT2D eigenvalue weighted by atomic mass is 9.99. The molecule has 0 bridgehead atoms. The Morgan fingerprint density at radius 3 is 3.06 bits per heavy atom. The number of rotatable bonds is 1. The summed E-state index contributed by atoms with van der Waals surface area (Å²) in [5.74, 6) is 0.344. The number of aromatic nitrogens is 1. The van der Waals surface area contributed by atoms with E-state index in [2.05, 4.69) is 15.6 Å². The Kier molecular flexibility index (Phi) is 2.36. The minimum absolute atomic E-state index is 0.118. The minimum Gasteiger partial charge on any atom is -0.335 e. The second kappa shape index (κ2) is 3.87. The van der Waals surface area contributed by atoms with Crippen LogP contribution in [-0.2, 0) is 4.79 Å². The predicted octanol–water partition coefficient (Wildman–Crippen LogP) is 0.968. The Hall–Kier alpha value is -1.42. The zero-order valence-electron chi connectivity index (χ0n) is 9.02. The summed E-state index contributed by atoms with van der Waals surface area (Å²) in [5, 5.41) is 6.46. The van der Waals surface area contributed by atoms with Gasteiger partial charge >= 0.3 is 0 Å². The predicted molar refractivity (Wildman–Crippen MR) is 59.4 cm³/mol. The SMILES string of the molecule is O=C1NC(c2ccccn2)NC2CCCC12. The number of carbonyl (C=O) groups excluding carboxylic acids is 1. The van der Waals surface area contributed by atoms with Gasteiger partial charge in [-0.2, -0.15) is 0 Å². The number of hydrogen-bond acceptors (Lipinski definition) is 3. The molecule has 3 unspecified atom stereocenters. The maximum absolute atomic E-state index is 11.9. The molecule has 2 aliphatic rings. The Morgan fingerprint density at radius 2 is 2.25 bits per heavy atom. The van der Waals surface area contributed by atoms with Gasteiger partial charge in [0.1, 0.15) is 6.17 Å². The first-order chi connectivity index (χ1) is 7.84. The van der Waals surface area contributed by atoms with E-state index in [1.54, 1.807) is 6.20 Å². The monoisotopic (exact) mass is 217 g/mol. The summed E-state index contributed by atoms with van der Waals surface area (Å²) < 4.78 is 0. The van der Waals surface area contributed by atoms with Crippen molar-refractivity contribution in [1.82, 2.24) is 15.6 Å². The Balaban J connectivity index is 1.81. The normalized spacial score (nSPS) is 33.2. The van der Waals surface area contributed by atoms with Crippen molar-refractivity contribution in [2.45, 2.75) is 31.5 Å². The fourth-order valence-corrected chi connectivity index (χ4v) is 2.68. The van der Waals surface area contributed by atoms with E-state index in [-0.39, 0.29) is 18.0 Å². The smallest absolute Gasteiger partial charge is 0.226 e. The number of nitrogens with one attached hydrogen (secondary N) is 2. The van der Waals surface area contributed by atoms with E-state index in [0.29, 0.717) is 6.04 Å². The van der Waals surface area contributed by atoms with Crippen LogP contribution in [0.2, 0.25) is 0 Å². The first-order valence-electron chi connectivity index (χ1n) is 5.82. The summed E-state index contributed by atoms with van der Waals surface area (Å²) >= 11 is 0. The first-order valence-corrected chi connectivity index (χ1v) is 5.82. The molecular formula is C12H15N3O. The van der Waals surface area contributed by atoms with Gasteiger partial charge in [0.25, 0.3) is 0 Å². The fourth-order valence-electron chi connectivity index (χ4n) is 2.68. The van der Waals surface area contributed by atoms with Crippen LogP contribution in [0.5, 0.6) is 0 Å². The van der Waals surface area contributed by atoms with Gasteiger partial charge in [-0.25, -0.2) is 0 Å². The van der Waals surface area contributed by atoms with Crippen LogP contribution in [0, 0.1) is 5.92 Å². The molecule has 4 heteroatoms. The van der Waals surface area contributed by atoms with Gasteiger partial charge in [-0.15, -0.1) is 0 Å². The van der Waals surface area contributed by atoms with Crippen LogP contribution in [0.15, 0.2) is 24.4 Å². The molecule has 1 saturated heterocycles. The zero-order valence-corrected chi connectivity index (χ0v) is 9.02. The average Bonchev–Trinajstić information content (AvgIpc) is 2.79. The second-order valence-corrected chi connectivity index (χ2v) is 4.51. The molecule has 0 spiro atoms. The number of carbonyl (C=O) groups is 1. The number of amides is 1. The highest BCUT2D eigenvalue weighted by molar-refractivity contribution is 5.81. The van der Waals surface area contributed by atoms with Crippen molar-refractivity contribution < 1.29 is 4.79 Å².